The molecule has 1 aromatic heterocycles. The highest BCUT2D eigenvalue weighted by Crippen LogP contribution is 2.31. The molecule has 8 heteroatoms. The maximum atomic E-state index is 12.8. The Bertz CT molecular complexity index is 1150. The molecule has 7 nitrogen and oxygen atoms in total. The van der Waals surface area contributed by atoms with Gasteiger partial charge in [-0.15, -0.1) is 0 Å². The molecule has 0 aliphatic carbocycles. The Hall–Kier alpha value is -3.26. The van der Waals surface area contributed by atoms with Crippen molar-refractivity contribution in [2.75, 3.05) is 37.6 Å². The number of benzene rings is 2. The van der Waals surface area contributed by atoms with Crippen molar-refractivity contribution in [3.63, 3.8) is 0 Å². The number of fused-ring (bicyclic) bond motifs is 2. The van der Waals surface area contributed by atoms with Crippen LogP contribution in [-0.2, 0) is 4.79 Å². The van der Waals surface area contributed by atoms with Crippen LogP contribution in [0.5, 0.6) is 0 Å². The second kappa shape index (κ2) is 7.46. The van der Waals surface area contributed by atoms with Crippen LogP contribution in [0.25, 0.3) is 10.2 Å². The fourth-order valence-corrected chi connectivity index (χ4v) is 5.17. The first-order valence-corrected chi connectivity index (χ1v) is 11.1. The number of hydrogen-bond acceptors (Lipinski definition) is 6. The largest absolute Gasteiger partial charge is 0.345 e. The van der Waals surface area contributed by atoms with E-state index in [0.717, 1.165) is 15.5 Å². The third-order valence-electron chi connectivity index (χ3n) is 6.07. The molecule has 5 rings (SSSR count). The Morgan fingerprint density at radius 2 is 1.58 bits per heavy atom. The molecule has 0 radical (unpaired) electrons. The second-order valence-electron chi connectivity index (χ2n) is 8.01. The molecule has 158 valence electrons. The molecule has 31 heavy (non-hydrogen) atoms. The highest BCUT2D eigenvalue weighted by Gasteiger charge is 2.37. The zero-order valence-electron chi connectivity index (χ0n) is 17.4. The van der Waals surface area contributed by atoms with Gasteiger partial charge in [0.05, 0.1) is 21.3 Å². The summed E-state index contributed by atoms with van der Waals surface area (Å²) in [5, 5.41) is 0.965. The lowest BCUT2D eigenvalue weighted by Gasteiger charge is -2.35. The van der Waals surface area contributed by atoms with Gasteiger partial charge in [-0.2, -0.15) is 0 Å². The van der Waals surface area contributed by atoms with Crippen molar-refractivity contribution >= 4 is 44.4 Å². The van der Waals surface area contributed by atoms with Crippen molar-refractivity contribution in [2.45, 2.75) is 13.8 Å². The molecule has 2 aliphatic heterocycles. The van der Waals surface area contributed by atoms with E-state index in [1.165, 1.54) is 15.8 Å². The van der Waals surface area contributed by atoms with E-state index in [2.05, 4.69) is 30.9 Å². The van der Waals surface area contributed by atoms with Crippen molar-refractivity contribution in [3.05, 3.63) is 58.7 Å². The average Bonchev–Trinajstić information content (AvgIpc) is 3.29. The fourth-order valence-electron chi connectivity index (χ4n) is 4.07. The summed E-state index contributed by atoms with van der Waals surface area (Å²) < 4.78 is 1.17. The fraction of sp³-hybridized carbons (Fsp3) is 0.304. The number of imide groups is 1. The molecule has 3 amide bonds. The van der Waals surface area contributed by atoms with Gasteiger partial charge >= 0.3 is 0 Å². The molecule has 3 aromatic rings. The summed E-state index contributed by atoms with van der Waals surface area (Å²) in [4.78, 5) is 47.6. The number of anilines is 1. The van der Waals surface area contributed by atoms with Crippen molar-refractivity contribution in [2.24, 2.45) is 0 Å². The molecule has 0 spiro atoms. The highest BCUT2D eigenvalue weighted by molar-refractivity contribution is 7.22. The van der Waals surface area contributed by atoms with Crippen molar-refractivity contribution in [1.82, 2.24) is 14.8 Å². The maximum Gasteiger partial charge on any atom is 0.262 e. The predicted molar refractivity (Wildman–Crippen MR) is 120 cm³/mol. The second-order valence-corrected chi connectivity index (χ2v) is 9.02. The van der Waals surface area contributed by atoms with Gasteiger partial charge in [0.2, 0.25) is 5.91 Å². The molecule has 3 heterocycles. The molecule has 0 saturated carbocycles. The van der Waals surface area contributed by atoms with E-state index in [9.17, 15) is 14.4 Å². The summed E-state index contributed by atoms with van der Waals surface area (Å²) in [6.45, 7) is 6.40. The molecule has 0 unspecified atom stereocenters. The number of rotatable bonds is 3. The van der Waals surface area contributed by atoms with Crippen molar-refractivity contribution in [1.29, 1.82) is 0 Å². The van der Waals surface area contributed by atoms with Gasteiger partial charge in [-0.05, 0) is 49.2 Å². The molecule has 2 aliphatic rings. The van der Waals surface area contributed by atoms with Crippen LogP contribution in [-0.4, -0.2) is 65.2 Å². The summed E-state index contributed by atoms with van der Waals surface area (Å²) in [5.41, 5.74) is 4.23. The quantitative estimate of drug-likeness (QED) is 0.593. The zero-order valence-corrected chi connectivity index (χ0v) is 18.2. The minimum absolute atomic E-state index is 0.204. The van der Waals surface area contributed by atoms with E-state index >= 15 is 0 Å². The van der Waals surface area contributed by atoms with Crippen LogP contribution in [0.15, 0.2) is 36.4 Å². The van der Waals surface area contributed by atoms with Crippen molar-refractivity contribution in [3.8, 4) is 0 Å². The number of hydrogen-bond donors (Lipinski definition) is 0. The van der Waals surface area contributed by atoms with Gasteiger partial charge in [0.15, 0.2) is 5.13 Å². The van der Waals surface area contributed by atoms with E-state index < -0.39 is 11.8 Å². The Morgan fingerprint density at radius 1 is 0.968 bits per heavy atom. The standard InChI is InChI=1S/C23H22N4O3S/c1-14-11-18-19(12-15(14)2)31-23(24-18)26-9-7-25(8-10-26)20(28)13-27-21(29)16-5-3-4-6-17(16)22(27)30/h3-6,11-12H,7-10,13H2,1-2H3. The van der Waals surface area contributed by atoms with E-state index in [0.29, 0.717) is 37.3 Å². The summed E-state index contributed by atoms with van der Waals surface area (Å²) in [5.74, 6) is -0.995. The molecule has 2 aromatic carbocycles. The molecule has 0 atom stereocenters. The van der Waals surface area contributed by atoms with Crippen LogP contribution in [0.1, 0.15) is 31.8 Å². The van der Waals surface area contributed by atoms with Gasteiger partial charge < -0.3 is 9.80 Å². The minimum Gasteiger partial charge on any atom is -0.345 e. The third-order valence-corrected chi connectivity index (χ3v) is 7.15. The summed E-state index contributed by atoms with van der Waals surface area (Å²) in [7, 11) is 0. The van der Waals surface area contributed by atoms with E-state index in [1.54, 1.807) is 40.5 Å². The Kier molecular flexibility index (Phi) is 4.74. The molecule has 0 N–H and O–H groups in total. The normalized spacial score (nSPS) is 16.4. The van der Waals surface area contributed by atoms with Crippen LogP contribution < -0.4 is 4.90 Å². The zero-order chi connectivity index (χ0) is 21.7. The lowest BCUT2D eigenvalue weighted by molar-refractivity contribution is -0.131. The lowest BCUT2D eigenvalue weighted by atomic mass is 10.1. The number of aromatic nitrogens is 1. The smallest absolute Gasteiger partial charge is 0.262 e. The first kappa shape index (κ1) is 19.7. The van der Waals surface area contributed by atoms with E-state index in [4.69, 9.17) is 4.98 Å². The Labute approximate surface area is 183 Å². The van der Waals surface area contributed by atoms with Gasteiger partial charge in [0.25, 0.3) is 11.8 Å². The summed E-state index contributed by atoms with van der Waals surface area (Å²) in [6.07, 6.45) is 0. The van der Waals surface area contributed by atoms with Gasteiger partial charge in [0.1, 0.15) is 6.54 Å². The van der Waals surface area contributed by atoms with Gasteiger partial charge in [-0.25, -0.2) is 4.98 Å². The summed E-state index contributed by atoms with van der Waals surface area (Å²) >= 11 is 1.67. The van der Waals surface area contributed by atoms with Gasteiger partial charge in [-0.3, -0.25) is 19.3 Å². The SMILES string of the molecule is Cc1cc2nc(N3CCN(C(=O)CN4C(=O)c5ccccc5C4=O)CC3)sc2cc1C. The van der Waals surface area contributed by atoms with Crippen LogP contribution in [0.3, 0.4) is 0 Å². The molecule has 0 bridgehead atoms. The number of aryl methyl sites for hydroxylation is 2. The number of carbonyl (C=O) groups is 3. The maximum absolute atomic E-state index is 12.8. The van der Waals surface area contributed by atoms with Crippen LogP contribution in [0, 0.1) is 13.8 Å². The van der Waals surface area contributed by atoms with Crippen LogP contribution in [0.2, 0.25) is 0 Å². The van der Waals surface area contributed by atoms with Crippen molar-refractivity contribution < 1.29 is 14.4 Å². The minimum atomic E-state index is -0.396. The predicted octanol–water partition coefficient (Wildman–Crippen LogP) is 2.86. The van der Waals surface area contributed by atoms with Crippen LogP contribution in [0.4, 0.5) is 5.13 Å². The van der Waals surface area contributed by atoms with Crippen LogP contribution >= 0.6 is 11.3 Å². The Balaban J connectivity index is 1.23. The first-order valence-electron chi connectivity index (χ1n) is 10.3. The summed E-state index contributed by atoms with van der Waals surface area (Å²) in [6, 6.07) is 11.0. The number of carbonyl (C=O) groups excluding carboxylic acids is 3. The Morgan fingerprint density at radius 3 is 2.23 bits per heavy atom. The molecule has 1 fully saturated rings. The number of piperazine rings is 1. The number of thiazole rings is 1. The highest BCUT2D eigenvalue weighted by atomic mass is 32.1. The molecular formula is C23H22N4O3S. The van der Waals surface area contributed by atoms with Gasteiger partial charge in [0, 0.05) is 26.2 Å². The monoisotopic (exact) mass is 434 g/mol. The number of nitrogens with zero attached hydrogens (tertiary/aromatic N) is 4. The molecule has 1 saturated heterocycles. The van der Waals surface area contributed by atoms with E-state index in [1.807, 2.05) is 0 Å². The lowest BCUT2D eigenvalue weighted by Crippen LogP contribution is -2.51. The third kappa shape index (κ3) is 3.37. The topological polar surface area (TPSA) is 73.8 Å². The van der Waals surface area contributed by atoms with Gasteiger partial charge in [-0.1, -0.05) is 23.5 Å². The average molecular weight is 435 g/mol. The number of amides is 3. The first-order chi connectivity index (χ1) is 14.9. The van der Waals surface area contributed by atoms with E-state index in [-0.39, 0.29) is 12.5 Å². The molecular weight excluding hydrogens is 412 g/mol.